The van der Waals surface area contributed by atoms with E-state index in [-0.39, 0.29) is 5.54 Å². The van der Waals surface area contributed by atoms with E-state index in [0.29, 0.717) is 6.04 Å². The van der Waals surface area contributed by atoms with Crippen molar-refractivity contribution in [2.45, 2.75) is 51.6 Å². The lowest BCUT2D eigenvalue weighted by molar-refractivity contribution is 0.160. The lowest BCUT2D eigenvalue weighted by Crippen LogP contribution is -2.44. The normalized spacial score (nSPS) is 14.8. The average molecular weight is 255 g/mol. The van der Waals surface area contributed by atoms with Crippen LogP contribution in [0, 0.1) is 11.3 Å². The van der Waals surface area contributed by atoms with E-state index in [9.17, 15) is 5.26 Å². The van der Waals surface area contributed by atoms with Crippen molar-refractivity contribution in [1.82, 2.24) is 10.2 Å². The number of unbranched alkanes of at least 4 members (excludes halogenated alkanes) is 1. The summed E-state index contributed by atoms with van der Waals surface area (Å²) >= 11 is 0. The fraction of sp³-hybridized carbons (Fsp3) is 0.929. The summed E-state index contributed by atoms with van der Waals surface area (Å²) in [6, 6.07) is 2.73. The van der Waals surface area contributed by atoms with Gasteiger partial charge in [-0.3, -0.25) is 5.32 Å². The molecular weight excluding hydrogens is 226 g/mol. The summed E-state index contributed by atoms with van der Waals surface area (Å²) < 4.78 is 5.04. The second-order valence-corrected chi connectivity index (χ2v) is 5.50. The summed E-state index contributed by atoms with van der Waals surface area (Å²) in [5.41, 5.74) is -0.390. The summed E-state index contributed by atoms with van der Waals surface area (Å²) in [6.45, 7) is 8.95. The van der Waals surface area contributed by atoms with Crippen LogP contribution in [-0.4, -0.2) is 50.3 Å². The van der Waals surface area contributed by atoms with Gasteiger partial charge in [-0.25, -0.2) is 0 Å². The van der Waals surface area contributed by atoms with Gasteiger partial charge in [0.1, 0.15) is 5.54 Å². The van der Waals surface area contributed by atoms with E-state index in [4.69, 9.17) is 4.74 Å². The molecule has 0 radical (unpaired) electrons. The Balaban J connectivity index is 3.78. The van der Waals surface area contributed by atoms with Gasteiger partial charge >= 0.3 is 0 Å². The number of hydrogen-bond acceptors (Lipinski definition) is 4. The van der Waals surface area contributed by atoms with E-state index in [2.05, 4.69) is 37.2 Å². The largest absolute Gasteiger partial charge is 0.383 e. The van der Waals surface area contributed by atoms with Crippen molar-refractivity contribution in [3.05, 3.63) is 0 Å². The topological polar surface area (TPSA) is 48.3 Å². The second kappa shape index (κ2) is 9.32. The van der Waals surface area contributed by atoms with Crippen LogP contribution in [-0.2, 0) is 4.74 Å². The van der Waals surface area contributed by atoms with Gasteiger partial charge in [0.2, 0.25) is 0 Å². The van der Waals surface area contributed by atoms with Crippen molar-refractivity contribution in [2.24, 2.45) is 0 Å². The van der Waals surface area contributed by atoms with Crippen LogP contribution in [0.15, 0.2) is 0 Å². The molecule has 4 nitrogen and oxygen atoms in total. The fourth-order valence-electron chi connectivity index (χ4n) is 2.02. The van der Waals surface area contributed by atoms with Gasteiger partial charge in [0.15, 0.2) is 0 Å². The maximum Gasteiger partial charge on any atom is 0.104 e. The molecule has 0 fully saturated rings. The standard InChI is InChI=1S/C14H29N3O/c1-13(2)16-14(3,12-15)8-6-7-9-17(4)10-11-18-5/h13,16H,6-11H2,1-5H3. The van der Waals surface area contributed by atoms with Crippen molar-refractivity contribution in [1.29, 1.82) is 5.26 Å². The van der Waals surface area contributed by atoms with E-state index < -0.39 is 0 Å². The molecule has 1 N–H and O–H groups in total. The monoisotopic (exact) mass is 255 g/mol. The molecule has 1 unspecified atom stereocenters. The SMILES string of the molecule is COCCN(C)CCCCC(C)(C#N)NC(C)C. The van der Waals surface area contributed by atoms with Crippen molar-refractivity contribution >= 4 is 0 Å². The third kappa shape index (κ3) is 8.46. The molecule has 4 heteroatoms. The van der Waals surface area contributed by atoms with Crippen LogP contribution in [0.2, 0.25) is 0 Å². The van der Waals surface area contributed by atoms with Crippen molar-refractivity contribution < 1.29 is 4.74 Å². The quantitative estimate of drug-likeness (QED) is 0.607. The second-order valence-electron chi connectivity index (χ2n) is 5.50. The Morgan fingerprint density at radius 3 is 2.50 bits per heavy atom. The van der Waals surface area contributed by atoms with E-state index in [1.807, 2.05) is 6.92 Å². The van der Waals surface area contributed by atoms with Crippen molar-refractivity contribution in [2.75, 3.05) is 33.9 Å². The molecule has 0 aromatic carbocycles. The zero-order valence-corrected chi connectivity index (χ0v) is 12.6. The molecule has 0 saturated heterocycles. The Morgan fingerprint density at radius 1 is 1.33 bits per heavy atom. The summed E-state index contributed by atoms with van der Waals surface area (Å²) in [4.78, 5) is 2.27. The van der Waals surface area contributed by atoms with Gasteiger partial charge in [-0.05, 0) is 53.6 Å². The Kier molecular flexibility index (Phi) is 8.99. The zero-order chi connectivity index (χ0) is 14.0. The number of methoxy groups -OCH3 is 1. The summed E-state index contributed by atoms with van der Waals surface area (Å²) in [6.07, 6.45) is 3.10. The van der Waals surface area contributed by atoms with Crippen molar-refractivity contribution in [3.8, 4) is 6.07 Å². The van der Waals surface area contributed by atoms with Crippen LogP contribution >= 0.6 is 0 Å². The highest BCUT2D eigenvalue weighted by Gasteiger charge is 2.23. The Hall–Kier alpha value is -0.630. The molecule has 18 heavy (non-hydrogen) atoms. The molecule has 0 aliphatic carbocycles. The molecule has 0 heterocycles. The highest BCUT2D eigenvalue weighted by molar-refractivity contribution is 5.04. The first kappa shape index (κ1) is 17.4. The Labute approximate surface area is 112 Å². The van der Waals surface area contributed by atoms with E-state index in [1.165, 1.54) is 0 Å². The summed E-state index contributed by atoms with van der Waals surface area (Å²) in [5.74, 6) is 0. The number of nitrogens with one attached hydrogen (secondary N) is 1. The minimum Gasteiger partial charge on any atom is -0.383 e. The van der Waals surface area contributed by atoms with Gasteiger partial charge in [-0.15, -0.1) is 0 Å². The van der Waals surface area contributed by atoms with Gasteiger partial charge in [-0.2, -0.15) is 5.26 Å². The first-order valence-corrected chi connectivity index (χ1v) is 6.80. The minimum absolute atomic E-state index is 0.346. The number of nitriles is 1. The molecule has 1 atom stereocenters. The maximum absolute atomic E-state index is 9.22. The number of hydrogen-bond donors (Lipinski definition) is 1. The number of likely N-dealkylation sites (N-methyl/N-ethyl adjacent to an activating group) is 1. The predicted molar refractivity (Wildman–Crippen MR) is 75.5 cm³/mol. The van der Waals surface area contributed by atoms with Crippen LogP contribution in [0.3, 0.4) is 0 Å². The third-order valence-corrected chi connectivity index (χ3v) is 3.00. The van der Waals surface area contributed by atoms with Crippen LogP contribution in [0.1, 0.15) is 40.0 Å². The molecule has 106 valence electrons. The molecule has 0 aromatic rings. The van der Waals surface area contributed by atoms with E-state index in [1.54, 1.807) is 7.11 Å². The third-order valence-electron chi connectivity index (χ3n) is 3.00. The number of rotatable bonds is 10. The summed E-state index contributed by atoms with van der Waals surface area (Å²) in [5, 5.41) is 12.6. The van der Waals surface area contributed by atoms with E-state index in [0.717, 1.165) is 39.0 Å². The Bertz CT molecular complexity index is 250. The molecule has 0 aliphatic rings. The fourth-order valence-corrected chi connectivity index (χ4v) is 2.02. The van der Waals surface area contributed by atoms with Gasteiger partial charge in [0.05, 0.1) is 12.7 Å². The van der Waals surface area contributed by atoms with Crippen LogP contribution < -0.4 is 5.32 Å². The average Bonchev–Trinajstić information content (AvgIpc) is 2.31. The smallest absolute Gasteiger partial charge is 0.104 e. The highest BCUT2D eigenvalue weighted by Crippen LogP contribution is 2.14. The van der Waals surface area contributed by atoms with Crippen LogP contribution in [0.4, 0.5) is 0 Å². The number of ether oxygens (including phenoxy) is 1. The van der Waals surface area contributed by atoms with E-state index >= 15 is 0 Å². The van der Waals surface area contributed by atoms with Gasteiger partial charge in [0.25, 0.3) is 0 Å². The summed E-state index contributed by atoms with van der Waals surface area (Å²) in [7, 11) is 3.83. The lowest BCUT2D eigenvalue weighted by atomic mass is 9.95. The molecule has 0 rings (SSSR count). The first-order chi connectivity index (χ1) is 8.43. The minimum atomic E-state index is -0.390. The van der Waals surface area contributed by atoms with Gasteiger partial charge < -0.3 is 9.64 Å². The Morgan fingerprint density at radius 2 is 2.00 bits per heavy atom. The molecule has 0 aliphatic heterocycles. The molecule has 0 bridgehead atoms. The molecule has 0 amide bonds. The molecule has 0 aromatic heterocycles. The van der Waals surface area contributed by atoms with Crippen LogP contribution in [0.5, 0.6) is 0 Å². The predicted octanol–water partition coefficient (Wildman–Crippen LogP) is 2.02. The zero-order valence-electron chi connectivity index (χ0n) is 12.6. The molecule has 0 spiro atoms. The maximum atomic E-state index is 9.22. The number of nitrogens with zero attached hydrogens (tertiary/aromatic N) is 2. The van der Waals surface area contributed by atoms with Crippen LogP contribution in [0.25, 0.3) is 0 Å². The highest BCUT2D eigenvalue weighted by atomic mass is 16.5. The molecule has 0 saturated carbocycles. The lowest BCUT2D eigenvalue weighted by Gasteiger charge is -2.26. The first-order valence-electron chi connectivity index (χ1n) is 6.80. The van der Waals surface area contributed by atoms with Crippen molar-refractivity contribution in [3.63, 3.8) is 0 Å². The van der Waals surface area contributed by atoms with Gasteiger partial charge in [-0.1, -0.05) is 0 Å². The molecular formula is C14H29N3O. The van der Waals surface area contributed by atoms with Gasteiger partial charge in [0, 0.05) is 19.7 Å².